The van der Waals surface area contributed by atoms with E-state index >= 15 is 0 Å². The summed E-state index contributed by atoms with van der Waals surface area (Å²) >= 11 is 0. The van der Waals surface area contributed by atoms with E-state index in [4.69, 9.17) is 10.8 Å². The largest absolute Gasteiger partial charge is 0.480 e. The van der Waals surface area contributed by atoms with Crippen LogP contribution in [-0.4, -0.2) is 67.6 Å². The van der Waals surface area contributed by atoms with Gasteiger partial charge in [-0.15, -0.1) is 0 Å². The van der Waals surface area contributed by atoms with Crippen molar-refractivity contribution in [2.24, 2.45) is 10.7 Å². The van der Waals surface area contributed by atoms with Crippen LogP contribution in [0.4, 0.5) is 0 Å². The van der Waals surface area contributed by atoms with Crippen molar-refractivity contribution in [1.82, 2.24) is 9.80 Å². The Morgan fingerprint density at radius 1 is 1.31 bits per heavy atom. The number of aliphatic imine (C=N–C) groups is 1. The van der Waals surface area contributed by atoms with Gasteiger partial charge in [0.15, 0.2) is 5.96 Å². The quantitative estimate of drug-likeness (QED) is 0.383. The predicted octanol–water partition coefficient (Wildman–Crippen LogP) is -0.342. The van der Waals surface area contributed by atoms with Crippen LogP contribution in [0.3, 0.4) is 0 Å². The summed E-state index contributed by atoms with van der Waals surface area (Å²) in [4.78, 5) is 18.7. The van der Waals surface area contributed by atoms with Crippen molar-refractivity contribution in [3.8, 4) is 0 Å². The lowest BCUT2D eigenvalue weighted by Gasteiger charge is -2.22. The molecule has 6 nitrogen and oxygen atoms in total. The highest BCUT2D eigenvalue weighted by Gasteiger charge is 2.10. The van der Waals surface area contributed by atoms with Gasteiger partial charge in [0.2, 0.25) is 0 Å². The van der Waals surface area contributed by atoms with Gasteiger partial charge in [0, 0.05) is 34.7 Å². The Hall–Kier alpha value is -1.30. The van der Waals surface area contributed by atoms with Crippen LogP contribution in [0.1, 0.15) is 12.8 Å². The Bertz CT molecular complexity index is 241. The molecular weight excluding hydrogens is 208 g/mol. The third kappa shape index (κ3) is 5.55. The van der Waals surface area contributed by atoms with Gasteiger partial charge in [-0.05, 0) is 12.8 Å². The van der Waals surface area contributed by atoms with Crippen molar-refractivity contribution in [1.29, 1.82) is 0 Å². The molecule has 94 valence electrons. The molecule has 0 rings (SSSR count). The summed E-state index contributed by atoms with van der Waals surface area (Å²) < 4.78 is 0. The van der Waals surface area contributed by atoms with Crippen LogP contribution in [-0.2, 0) is 4.79 Å². The van der Waals surface area contributed by atoms with Gasteiger partial charge in [0.05, 0.1) is 0 Å². The van der Waals surface area contributed by atoms with E-state index in [0.717, 1.165) is 5.96 Å². The Morgan fingerprint density at radius 2 is 1.81 bits per heavy atom. The summed E-state index contributed by atoms with van der Waals surface area (Å²) in [5, 5.41) is 8.59. The zero-order valence-corrected chi connectivity index (χ0v) is 10.5. The van der Waals surface area contributed by atoms with Gasteiger partial charge < -0.3 is 20.6 Å². The summed E-state index contributed by atoms with van der Waals surface area (Å²) in [7, 11) is 7.67. The van der Waals surface area contributed by atoms with Crippen molar-refractivity contribution in [2.45, 2.75) is 18.9 Å². The maximum absolute atomic E-state index is 10.5. The number of nitrogens with two attached hydrogens (primary N) is 1. The number of hydrogen-bond acceptors (Lipinski definition) is 3. The topological polar surface area (TPSA) is 82.2 Å². The zero-order valence-electron chi connectivity index (χ0n) is 10.5. The van der Waals surface area contributed by atoms with Gasteiger partial charge in [0.25, 0.3) is 0 Å². The van der Waals surface area contributed by atoms with Crippen LogP contribution in [0, 0.1) is 0 Å². The molecule has 0 aromatic carbocycles. The van der Waals surface area contributed by atoms with E-state index in [1.807, 2.05) is 38.0 Å². The van der Waals surface area contributed by atoms with Crippen LogP contribution in [0.15, 0.2) is 4.99 Å². The van der Waals surface area contributed by atoms with E-state index in [0.29, 0.717) is 19.4 Å². The fraction of sp³-hybridized carbons (Fsp3) is 0.800. The first-order valence-electron chi connectivity index (χ1n) is 5.23. The van der Waals surface area contributed by atoms with Crippen molar-refractivity contribution in [3.05, 3.63) is 0 Å². The molecule has 1 atom stereocenters. The number of carboxylic acid groups (broad SMARTS) is 1. The third-order valence-electron chi connectivity index (χ3n) is 2.04. The van der Waals surface area contributed by atoms with Crippen molar-refractivity contribution < 1.29 is 9.90 Å². The molecule has 0 saturated heterocycles. The molecule has 0 radical (unpaired) electrons. The van der Waals surface area contributed by atoms with Gasteiger partial charge in [-0.1, -0.05) is 0 Å². The number of rotatable bonds is 5. The fourth-order valence-electron chi connectivity index (χ4n) is 1.30. The highest BCUT2D eigenvalue weighted by molar-refractivity contribution is 5.79. The maximum Gasteiger partial charge on any atom is 0.320 e. The fourth-order valence-corrected chi connectivity index (χ4v) is 1.30. The minimum atomic E-state index is -0.954. The molecule has 0 heterocycles. The number of guanidine groups is 1. The molecule has 6 heteroatoms. The molecule has 0 fully saturated rings. The summed E-state index contributed by atoms with van der Waals surface area (Å²) in [5.74, 6) is -0.0895. The second-order valence-electron chi connectivity index (χ2n) is 4.06. The lowest BCUT2D eigenvalue weighted by atomic mass is 10.2. The second kappa shape index (κ2) is 7.05. The lowest BCUT2D eigenvalue weighted by molar-refractivity contribution is -0.138. The average molecular weight is 230 g/mol. The highest BCUT2D eigenvalue weighted by Crippen LogP contribution is 1.97. The Morgan fingerprint density at radius 3 is 2.19 bits per heavy atom. The minimum Gasteiger partial charge on any atom is -0.480 e. The molecule has 3 N–H and O–H groups in total. The van der Waals surface area contributed by atoms with E-state index in [1.54, 1.807) is 0 Å². The number of carboxylic acids is 1. The minimum absolute atomic E-state index is 0.451. The molecule has 0 aromatic heterocycles. The Kier molecular flexibility index (Phi) is 6.48. The predicted molar refractivity (Wildman–Crippen MR) is 64.5 cm³/mol. The number of carbonyl (C=O) groups is 1. The van der Waals surface area contributed by atoms with Crippen LogP contribution in [0.25, 0.3) is 0 Å². The number of aliphatic carboxylic acids is 1. The van der Waals surface area contributed by atoms with E-state index in [9.17, 15) is 4.79 Å². The van der Waals surface area contributed by atoms with Crippen molar-refractivity contribution in [3.63, 3.8) is 0 Å². The first-order valence-corrected chi connectivity index (χ1v) is 5.23. The summed E-state index contributed by atoms with van der Waals surface area (Å²) in [6.07, 6.45) is 1.13. The monoisotopic (exact) mass is 230 g/mol. The van der Waals surface area contributed by atoms with E-state index in [1.165, 1.54) is 0 Å². The van der Waals surface area contributed by atoms with Crippen LogP contribution < -0.4 is 5.73 Å². The number of hydrogen-bond donors (Lipinski definition) is 2. The van der Waals surface area contributed by atoms with Gasteiger partial charge in [0.1, 0.15) is 6.04 Å². The molecule has 0 amide bonds. The molecule has 1 unspecified atom stereocenters. The first-order chi connectivity index (χ1) is 7.36. The smallest absolute Gasteiger partial charge is 0.320 e. The van der Waals surface area contributed by atoms with Gasteiger partial charge >= 0.3 is 5.97 Å². The van der Waals surface area contributed by atoms with Gasteiger partial charge in [-0.25, -0.2) is 0 Å². The van der Waals surface area contributed by atoms with E-state index in [2.05, 4.69) is 4.99 Å². The van der Waals surface area contributed by atoms with Gasteiger partial charge in [-0.3, -0.25) is 9.79 Å². The van der Waals surface area contributed by atoms with Crippen LogP contribution >= 0.6 is 0 Å². The molecule has 0 bridgehead atoms. The Balaban J connectivity index is 4.02. The van der Waals surface area contributed by atoms with Crippen LogP contribution in [0.2, 0.25) is 0 Å². The van der Waals surface area contributed by atoms with E-state index < -0.39 is 12.0 Å². The lowest BCUT2D eigenvalue weighted by Crippen LogP contribution is -2.35. The molecule has 0 saturated carbocycles. The van der Waals surface area contributed by atoms with Crippen molar-refractivity contribution >= 4 is 11.9 Å². The zero-order chi connectivity index (χ0) is 12.7. The molecule has 0 spiro atoms. The normalized spacial score (nSPS) is 11.8. The molecular formula is C10H22N4O2. The molecule has 0 aromatic rings. The summed E-state index contributed by atoms with van der Waals surface area (Å²) in [6.45, 7) is 0.590. The molecule has 16 heavy (non-hydrogen) atoms. The molecule has 0 aliphatic heterocycles. The number of nitrogens with zero attached hydrogens (tertiary/aromatic N) is 3. The SMILES string of the molecule is CN(C)C(=NCCCC(N)C(=O)O)N(C)C. The highest BCUT2D eigenvalue weighted by atomic mass is 16.4. The second-order valence-corrected chi connectivity index (χ2v) is 4.06. The molecule has 0 aliphatic carbocycles. The standard InChI is InChI=1S/C10H22N4O2/c1-13(2)10(14(3)4)12-7-5-6-8(11)9(15)16/h8H,5-7,11H2,1-4H3,(H,15,16). The first kappa shape index (κ1) is 14.7. The third-order valence-corrected chi connectivity index (χ3v) is 2.04. The molecule has 0 aliphatic rings. The van der Waals surface area contributed by atoms with Crippen molar-refractivity contribution in [2.75, 3.05) is 34.7 Å². The van der Waals surface area contributed by atoms with Gasteiger partial charge in [-0.2, -0.15) is 0 Å². The average Bonchev–Trinajstić information content (AvgIpc) is 2.15. The summed E-state index contributed by atoms with van der Waals surface area (Å²) in [5.41, 5.74) is 5.38. The Labute approximate surface area is 96.7 Å². The van der Waals surface area contributed by atoms with E-state index in [-0.39, 0.29) is 0 Å². The maximum atomic E-state index is 10.5. The van der Waals surface area contributed by atoms with Crippen LogP contribution in [0.5, 0.6) is 0 Å². The summed E-state index contributed by atoms with van der Waals surface area (Å²) in [6, 6.07) is -0.780.